The van der Waals surface area contributed by atoms with Gasteiger partial charge in [-0.15, -0.1) is 32.1 Å². The monoisotopic (exact) mass is 1080 g/mol. The molecular weight excluding hydrogens is 1030 g/mol. The van der Waals surface area contributed by atoms with E-state index in [0.29, 0.717) is 50.1 Å². The van der Waals surface area contributed by atoms with Gasteiger partial charge < -0.3 is 47.4 Å². The minimum absolute atomic E-state index is 0.0118. The van der Waals surface area contributed by atoms with Crippen molar-refractivity contribution < 1.29 is 66.5 Å². The minimum Gasteiger partial charge on any atom is -0.489 e. The first kappa shape index (κ1) is 56.2. The highest BCUT2D eigenvalue weighted by atomic mass is 16.6. The van der Waals surface area contributed by atoms with E-state index in [1.54, 1.807) is 72.8 Å². The van der Waals surface area contributed by atoms with Gasteiger partial charge >= 0.3 is 23.9 Å². The number of rotatable bonds is 25. The number of hydrogen-bond acceptors (Lipinski definition) is 14. The number of terminal acetylenes is 5. The van der Waals surface area contributed by atoms with E-state index in [-0.39, 0.29) is 68.7 Å². The van der Waals surface area contributed by atoms with Crippen molar-refractivity contribution in [2.75, 3.05) is 52.9 Å². The molecule has 0 heterocycles. The van der Waals surface area contributed by atoms with Crippen LogP contribution in [-0.4, -0.2) is 88.9 Å². The van der Waals surface area contributed by atoms with Crippen LogP contribution in [-0.2, 0) is 35.0 Å². The number of carbonyl (C=O) groups is 4. The Morgan fingerprint density at radius 3 is 1.28 bits per heavy atom. The molecule has 402 valence electrons. The maximum atomic E-state index is 13.9. The van der Waals surface area contributed by atoms with Crippen LogP contribution in [0.4, 0.5) is 0 Å². The SMILES string of the molecule is C#CCOc1cc2c(OCC#C)cccc2cc1C(=O)OCC(COc1ccc2ccccc2c1Cc1c(OCC(COC(=O)c2cc3cccc(OCC#C)c3cc2OCC#C)OC(=O)C=C)ccc2ccccc12)OC(=O)C#C. The lowest BCUT2D eigenvalue weighted by Gasteiger charge is -2.22. The summed E-state index contributed by atoms with van der Waals surface area (Å²) in [6.45, 7) is 1.76. The average molecular weight is 1080 g/mol. The first-order valence-corrected chi connectivity index (χ1v) is 25.1. The summed E-state index contributed by atoms with van der Waals surface area (Å²) in [5.74, 6) is 10.2. The van der Waals surface area contributed by atoms with Gasteiger partial charge in [-0.3, -0.25) is 0 Å². The van der Waals surface area contributed by atoms with Crippen molar-refractivity contribution in [3.63, 3.8) is 0 Å². The highest BCUT2D eigenvalue weighted by Crippen LogP contribution is 2.38. The molecule has 0 fully saturated rings. The lowest BCUT2D eigenvalue weighted by molar-refractivity contribution is -0.147. The summed E-state index contributed by atoms with van der Waals surface area (Å²) in [5, 5.41) is 5.89. The number of hydrogen-bond donors (Lipinski definition) is 0. The molecule has 0 saturated heterocycles. The summed E-state index contributed by atoms with van der Waals surface area (Å²) < 4.78 is 58.9. The van der Waals surface area contributed by atoms with Gasteiger partial charge in [-0.2, -0.15) is 0 Å². The van der Waals surface area contributed by atoms with Crippen LogP contribution in [0.5, 0.6) is 34.5 Å². The van der Waals surface area contributed by atoms with Crippen LogP contribution in [0.2, 0.25) is 0 Å². The highest BCUT2D eigenvalue weighted by Gasteiger charge is 2.26. The Hall–Kier alpha value is -11.0. The van der Waals surface area contributed by atoms with E-state index in [9.17, 15) is 19.2 Å². The van der Waals surface area contributed by atoms with Crippen LogP contribution in [0.25, 0.3) is 43.1 Å². The van der Waals surface area contributed by atoms with Crippen LogP contribution >= 0.6 is 0 Å². The molecule has 2 atom stereocenters. The first-order valence-electron chi connectivity index (χ1n) is 25.1. The second-order valence-electron chi connectivity index (χ2n) is 17.6. The van der Waals surface area contributed by atoms with Gasteiger partial charge in [-0.25, -0.2) is 19.2 Å². The molecule has 8 aromatic rings. The number of ether oxygens (including phenoxy) is 10. The predicted octanol–water partition coefficient (Wildman–Crippen LogP) is 10.1. The number of benzene rings is 8. The molecule has 8 rings (SSSR count). The van der Waals surface area contributed by atoms with E-state index in [0.717, 1.165) is 33.2 Å². The summed E-state index contributed by atoms with van der Waals surface area (Å²) in [6.07, 6.45) is 26.2. The molecule has 0 aliphatic carbocycles. The zero-order valence-electron chi connectivity index (χ0n) is 43.6. The molecule has 0 amide bonds. The first-order chi connectivity index (χ1) is 39.5. The molecule has 0 aliphatic rings. The highest BCUT2D eigenvalue weighted by molar-refractivity contribution is 6.02. The van der Waals surface area contributed by atoms with E-state index in [1.165, 1.54) is 0 Å². The summed E-state index contributed by atoms with van der Waals surface area (Å²) >= 11 is 0. The Bertz CT molecular complexity index is 3910. The number of esters is 4. The molecule has 0 spiro atoms. The predicted molar refractivity (Wildman–Crippen MR) is 306 cm³/mol. The maximum absolute atomic E-state index is 13.9. The van der Waals surface area contributed by atoms with Gasteiger partial charge in [-0.05, 0) is 80.8 Å². The molecule has 81 heavy (non-hydrogen) atoms. The Labute approximate surface area is 467 Å². The lowest BCUT2D eigenvalue weighted by Crippen LogP contribution is -2.31. The van der Waals surface area contributed by atoms with Gasteiger partial charge in [0, 0.05) is 40.3 Å². The van der Waals surface area contributed by atoms with Crippen LogP contribution in [0.1, 0.15) is 31.8 Å². The van der Waals surface area contributed by atoms with E-state index in [1.807, 2.05) is 66.6 Å². The van der Waals surface area contributed by atoms with Crippen LogP contribution in [0, 0.1) is 61.7 Å². The smallest absolute Gasteiger partial charge is 0.384 e. The van der Waals surface area contributed by atoms with Crippen molar-refractivity contribution in [2.24, 2.45) is 0 Å². The molecule has 14 nitrogen and oxygen atoms in total. The molecule has 2 unspecified atom stereocenters. The van der Waals surface area contributed by atoms with Crippen molar-refractivity contribution in [1.82, 2.24) is 0 Å². The van der Waals surface area contributed by atoms with Crippen molar-refractivity contribution in [1.29, 1.82) is 0 Å². The van der Waals surface area contributed by atoms with Gasteiger partial charge in [0.15, 0.2) is 12.2 Å². The normalized spacial score (nSPS) is 11.2. The van der Waals surface area contributed by atoms with Crippen LogP contribution in [0.3, 0.4) is 0 Å². The Morgan fingerprint density at radius 1 is 0.432 bits per heavy atom. The maximum Gasteiger partial charge on any atom is 0.384 e. The van der Waals surface area contributed by atoms with Gasteiger partial charge in [0.05, 0.1) is 0 Å². The fourth-order valence-electron chi connectivity index (χ4n) is 8.77. The third kappa shape index (κ3) is 14.0. The van der Waals surface area contributed by atoms with E-state index >= 15 is 0 Å². The van der Waals surface area contributed by atoms with Gasteiger partial charge in [0.2, 0.25) is 0 Å². The molecule has 0 aromatic heterocycles. The standard InChI is InChI=1S/C67H50O14/c1-7-31-72-58-25-17-21-46-35-56(62(38-52(46)58)74-33-9-3)66(70)78-42-48(80-64(68)11-5)40-76-60-29-27-44-19-13-15-23-50(44)54(60)37-55-51-24-16-14-20-45(51)28-30-61(55)77-41-49(81-65(69)12-6)43-79-67(71)57-36-47-22-18-26-59(73-32-8-2)53(47)39-63(57)75-34-10-4/h1-5,12-30,35-36,38-39,48-49H,6,31-34,37,40-43H2. The number of fused-ring (bicyclic) bond motifs is 4. The third-order valence-corrected chi connectivity index (χ3v) is 12.4. The molecule has 8 aromatic carbocycles. The Kier molecular flexibility index (Phi) is 19.0. The van der Waals surface area contributed by atoms with Crippen LogP contribution in [0.15, 0.2) is 146 Å². The molecule has 0 bridgehead atoms. The fourth-order valence-corrected chi connectivity index (χ4v) is 8.77. The fraction of sp³-hybridized carbons (Fsp3) is 0.164. The third-order valence-electron chi connectivity index (χ3n) is 12.4. The zero-order valence-corrected chi connectivity index (χ0v) is 43.6. The van der Waals surface area contributed by atoms with E-state index in [2.05, 4.69) is 30.3 Å². The zero-order chi connectivity index (χ0) is 57.1. The summed E-state index contributed by atoms with van der Waals surface area (Å²) in [4.78, 5) is 53.3. The lowest BCUT2D eigenvalue weighted by atomic mass is 9.93. The van der Waals surface area contributed by atoms with Gasteiger partial charge in [-0.1, -0.05) is 115 Å². The van der Waals surface area contributed by atoms with Crippen LogP contribution < -0.4 is 28.4 Å². The molecule has 0 radical (unpaired) electrons. The van der Waals surface area contributed by atoms with E-state index < -0.39 is 49.3 Å². The summed E-state index contributed by atoms with van der Waals surface area (Å²) in [5.41, 5.74) is 1.52. The molecule has 0 saturated carbocycles. The van der Waals surface area contributed by atoms with Gasteiger partial charge in [0.1, 0.15) is 98.5 Å². The molecule has 14 heteroatoms. The van der Waals surface area contributed by atoms with Gasteiger partial charge in [0.25, 0.3) is 0 Å². The average Bonchev–Trinajstić information content (AvgIpc) is 3.54. The number of carbonyl (C=O) groups excluding carboxylic acids is 4. The molecule has 0 N–H and O–H groups in total. The Balaban J connectivity index is 1.05. The second kappa shape index (κ2) is 27.4. The summed E-state index contributed by atoms with van der Waals surface area (Å²) in [6, 6.07) is 39.6. The largest absolute Gasteiger partial charge is 0.489 e. The topological polar surface area (TPSA) is 161 Å². The Morgan fingerprint density at radius 2 is 0.852 bits per heavy atom. The van der Waals surface area contributed by atoms with Crippen molar-refractivity contribution in [3.05, 3.63) is 168 Å². The molecule has 0 aliphatic heterocycles. The van der Waals surface area contributed by atoms with Crippen molar-refractivity contribution in [3.8, 4) is 96.2 Å². The van der Waals surface area contributed by atoms with Crippen molar-refractivity contribution in [2.45, 2.75) is 18.6 Å². The quantitative estimate of drug-likeness (QED) is 0.0175. The summed E-state index contributed by atoms with van der Waals surface area (Å²) in [7, 11) is 0. The second-order valence-corrected chi connectivity index (χ2v) is 17.6. The van der Waals surface area contributed by atoms with E-state index in [4.69, 9.17) is 79.5 Å². The minimum atomic E-state index is -1.20. The van der Waals surface area contributed by atoms with Crippen molar-refractivity contribution >= 4 is 67.0 Å². The molecular formula is C67H50O14.